The maximum absolute atomic E-state index is 12.6. The van der Waals surface area contributed by atoms with E-state index in [9.17, 15) is 8.42 Å². The summed E-state index contributed by atoms with van der Waals surface area (Å²) in [6.07, 6.45) is 2.18. The van der Waals surface area contributed by atoms with Gasteiger partial charge in [-0.05, 0) is 27.6 Å². The van der Waals surface area contributed by atoms with Crippen molar-refractivity contribution in [2.75, 3.05) is 11.3 Å². The van der Waals surface area contributed by atoms with Crippen LogP contribution in [-0.4, -0.2) is 25.1 Å². The number of nitrogens with zero attached hydrogens (tertiary/aromatic N) is 2. The third kappa shape index (κ3) is 3.33. The number of nitrogens with one attached hydrogen (secondary N) is 2. The van der Waals surface area contributed by atoms with Crippen LogP contribution in [0.4, 0.5) is 5.82 Å². The summed E-state index contributed by atoms with van der Waals surface area (Å²) in [4.78, 5) is 4.39. The third-order valence-electron chi connectivity index (χ3n) is 3.75. The van der Waals surface area contributed by atoms with E-state index in [1.165, 1.54) is 6.20 Å². The highest BCUT2D eigenvalue weighted by Crippen LogP contribution is 2.35. The Morgan fingerprint density at radius 1 is 1.38 bits per heavy atom. The molecule has 3 heterocycles. The molecule has 0 unspecified atom stereocenters. The Labute approximate surface area is 149 Å². The van der Waals surface area contributed by atoms with Crippen molar-refractivity contribution in [2.24, 2.45) is 0 Å². The molecule has 2 N–H and O–H groups in total. The number of pyridine rings is 1. The van der Waals surface area contributed by atoms with E-state index in [0.717, 1.165) is 24.2 Å². The quantitative estimate of drug-likeness (QED) is 0.800. The zero-order valence-corrected chi connectivity index (χ0v) is 16.1. The molecule has 2 aromatic heterocycles. The van der Waals surface area contributed by atoms with Gasteiger partial charge in [-0.15, -0.1) is 0 Å². The van der Waals surface area contributed by atoms with E-state index >= 15 is 0 Å². The fourth-order valence-corrected chi connectivity index (χ4v) is 4.44. The third-order valence-corrected chi connectivity index (χ3v) is 5.79. The lowest BCUT2D eigenvalue weighted by Crippen LogP contribution is -2.25. The second-order valence-corrected chi connectivity index (χ2v) is 9.21. The second kappa shape index (κ2) is 6.12. The van der Waals surface area contributed by atoms with Crippen LogP contribution in [0.2, 0.25) is 0 Å². The normalized spacial score (nSPS) is 15.2. The van der Waals surface area contributed by atoms with Gasteiger partial charge < -0.3 is 9.84 Å². The highest BCUT2D eigenvalue weighted by molar-refractivity contribution is 9.10. The molecule has 1 aliphatic rings. The molecule has 0 amide bonds. The molecule has 7 nitrogen and oxygen atoms in total. The first-order valence-corrected chi connectivity index (χ1v) is 9.83. The Morgan fingerprint density at radius 2 is 2.12 bits per heavy atom. The average Bonchev–Trinajstić information content (AvgIpc) is 2.87. The van der Waals surface area contributed by atoms with Crippen molar-refractivity contribution >= 4 is 31.8 Å². The van der Waals surface area contributed by atoms with Gasteiger partial charge in [0.1, 0.15) is 9.37 Å². The highest BCUT2D eigenvalue weighted by atomic mass is 79.9. The van der Waals surface area contributed by atoms with Crippen LogP contribution in [-0.2, 0) is 28.4 Å². The van der Waals surface area contributed by atoms with E-state index in [0.29, 0.717) is 16.8 Å². The molecule has 2 aromatic rings. The van der Waals surface area contributed by atoms with E-state index in [1.54, 1.807) is 6.07 Å². The standard InChI is InChI=1S/C15H19BrN4O3S/c1-15(2,3)13-12(16)14(19-23-13)20-24(21,22)10-6-9-7-17-5-4-11(9)18-8-10/h6,8,17H,4-5,7H2,1-3H3,(H,19,20). The molecule has 0 fully saturated rings. The van der Waals surface area contributed by atoms with Gasteiger partial charge in [-0.25, -0.2) is 8.42 Å². The average molecular weight is 415 g/mol. The summed E-state index contributed by atoms with van der Waals surface area (Å²) < 4.78 is 33.5. The van der Waals surface area contributed by atoms with Gasteiger partial charge in [0.05, 0.1) is 0 Å². The molecule has 0 radical (unpaired) electrons. The van der Waals surface area contributed by atoms with E-state index in [-0.39, 0.29) is 16.1 Å². The highest BCUT2D eigenvalue weighted by Gasteiger charge is 2.28. The van der Waals surface area contributed by atoms with Gasteiger partial charge in [-0.1, -0.05) is 25.9 Å². The first-order valence-electron chi connectivity index (χ1n) is 7.55. The van der Waals surface area contributed by atoms with Crippen LogP contribution in [0, 0.1) is 0 Å². The molecule has 9 heteroatoms. The van der Waals surface area contributed by atoms with Gasteiger partial charge >= 0.3 is 0 Å². The summed E-state index contributed by atoms with van der Waals surface area (Å²) >= 11 is 3.36. The van der Waals surface area contributed by atoms with Gasteiger partial charge in [0.2, 0.25) is 0 Å². The monoisotopic (exact) mass is 414 g/mol. The van der Waals surface area contributed by atoms with Gasteiger partial charge in [-0.2, -0.15) is 0 Å². The zero-order chi connectivity index (χ0) is 17.5. The lowest BCUT2D eigenvalue weighted by Gasteiger charge is -2.17. The van der Waals surface area contributed by atoms with Crippen molar-refractivity contribution in [1.82, 2.24) is 15.5 Å². The molecule has 3 rings (SSSR count). The molecule has 0 atom stereocenters. The van der Waals surface area contributed by atoms with Crippen LogP contribution in [0.15, 0.2) is 26.2 Å². The number of halogens is 1. The fraction of sp³-hybridized carbons (Fsp3) is 0.467. The smallest absolute Gasteiger partial charge is 0.264 e. The lowest BCUT2D eigenvalue weighted by atomic mass is 9.93. The number of hydrogen-bond donors (Lipinski definition) is 2. The summed E-state index contributed by atoms with van der Waals surface area (Å²) in [5.74, 6) is 0.712. The Balaban J connectivity index is 1.91. The van der Waals surface area contributed by atoms with E-state index in [1.807, 2.05) is 20.8 Å². The number of rotatable bonds is 3. The number of fused-ring (bicyclic) bond motifs is 1. The maximum atomic E-state index is 12.6. The number of anilines is 1. The molecule has 0 saturated heterocycles. The van der Waals surface area contributed by atoms with Crippen molar-refractivity contribution in [1.29, 1.82) is 0 Å². The van der Waals surface area contributed by atoms with Crippen molar-refractivity contribution in [2.45, 2.75) is 44.0 Å². The SMILES string of the molecule is CC(C)(C)c1onc(NS(=O)(=O)c2cnc3c(c2)CNCC3)c1Br. The Hall–Kier alpha value is -1.45. The molecular formula is C15H19BrN4O3S. The minimum Gasteiger partial charge on any atom is -0.357 e. The predicted molar refractivity (Wildman–Crippen MR) is 93.4 cm³/mol. The molecule has 0 spiro atoms. The van der Waals surface area contributed by atoms with Gasteiger partial charge in [0, 0.05) is 36.8 Å². The fourth-order valence-electron chi connectivity index (χ4n) is 2.47. The van der Waals surface area contributed by atoms with Gasteiger partial charge in [0.15, 0.2) is 11.6 Å². The predicted octanol–water partition coefficient (Wildman–Crippen LogP) is 2.58. The Bertz CT molecular complexity index is 871. The van der Waals surface area contributed by atoms with Crippen molar-refractivity contribution in [3.8, 4) is 0 Å². The summed E-state index contributed by atoms with van der Waals surface area (Å²) in [5, 5.41) is 7.04. The molecule has 0 bridgehead atoms. The first-order chi connectivity index (χ1) is 11.2. The summed E-state index contributed by atoms with van der Waals surface area (Å²) in [7, 11) is -3.79. The van der Waals surface area contributed by atoms with Crippen molar-refractivity contribution in [3.63, 3.8) is 0 Å². The van der Waals surface area contributed by atoms with Crippen LogP contribution in [0.1, 0.15) is 37.8 Å². The Morgan fingerprint density at radius 3 is 2.79 bits per heavy atom. The lowest BCUT2D eigenvalue weighted by molar-refractivity contribution is 0.329. The van der Waals surface area contributed by atoms with Crippen LogP contribution in [0.3, 0.4) is 0 Å². The second-order valence-electron chi connectivity index (χ2n) is 6.73. The molecule has 1 aliphatic heterocycles. The zero-order valence-electron chi connectivity index (χ0n) is 13.7. The van der Waals surface area contributed by atoms with Crippen LogP contribution >= 0.6 is 15.9 Å². The maximum Gasteiger partial charge on any atom is 0.264 e. The summed E-state index contributed by atoms with van der Waals surface area (Å²) in [6, 6.07) is 1.65. The number of aromatic nitrogens is 2. The topological polar surface area (TPSA) is 97.1 Å². The summed E-state index contributed by atoms with van der Waals surface area (Å²) in [6.45, 7) is 7.34. The Kier molecular flexibility index (Phi) is 4.43. The number of hydrogen-bond acceptors (Lipinski definition) is 6. The molecule has 24 heavy (non-hydrogen) atoms. The minimum absolute atomic E-state index is 0.108. The minimum atomic E-state index is -3.79. The summed E-state index contributed by atoms with van der Waals surface area (Å²) in [5.41, 5.74) is 1.54. The first kappa shape index (κ1) is 17.4. The molecule has 0 saturated carbocycles. The van der Waals surface area contributed by atoms with E-state index in [2.05, 4.69) is 36.1 Å². The molecule has 130 valence electrons. The van der Waals surface area contributed by atoms with Gasteiger partial charge in [0.25, 0.3) is 10.0 Å². The van der Waals surface area contributed by atoms with Crippen LogP contribution in [0.5, 0.6) is 0 Å². The van der Waals surface area contributed by atoms with E-state index < -0.39 is 10.0 Å². The van der Waals surface area contributed by atoms with E-state index in [4.69, 9.17) is 4.52 Å². The van der Waals surface area contributed by atoms with Crippen LogP contribution in [0.25, 0.3) is 0 Å². The van der Waals surface area contributed by atoms with Crippen molar-refractivity contribution in [3.05, 3.63) is 33.8 Å². The molecule has 0 aromatic carbocycles. The largest absolute Gasteiger partial charge is 0.357 e. The number of sulfonamides is 1. The van der Waals surface area contributed by atoms with Gasteiger partial charge in [-0.3, -0.25) is 9.71 Å². The molecule has 0 aliphatic carbocycles. The van der Waals surface area contributed by atoms with Crippen molar-refractivity contribution < 1.29 is 12.9 Å². The molecular weight excluding hydrogens is 396 g/mol. The van der Waals surface area contributed by atoms with Crippen LogP contribution < -0.4 is 10.0 Å².